The van der Waals surface area contributed by atoms with Gasteiger partial charge in [-0.25, -0.2) is 0 Å². The summed E-state index contributed by atoms with van der Waals surface area (Å²) in [6.07, 6.45) is 8.45. The van der Waals surface area contributed by atoms with Crippen molar-refractivity contribution in [1.82, 2.24) is 5.32 Å². The standard InChI is InChI=1S/C25H21N3O2/c1-16(29)26-22-15-25(22,18-7-3-2-4-8-18)19-13-11-17(12-14-19)23-20-9-5-6-10-21(20)24(30)28-27-23/h2-14,21-22H,15H2,1H3,(H,26,29)/t21?,22-,25+/m0/s1. The second-order valence-corrected chi connectivity index (χ2v) is 7.94. The Morgan fingerprint density at radius 2 is 1.73 bits per heavy atom. The molecule has 30 heavy (non-hydrogen) atoms. The molecule has 1 saturated carbocycles. The zero-order valence-corrected chi connectivity index (χ0v) is 16.6. The van der Waals surface area contributed by atoms with Crippen LogP contribution in [0.3, 0.4) is 0 Å². The minimum Gasteiger partial charge on any atom is -0.352 e. The van der Waals surface area contributed by atoms with Crippen molar-refractivity contribution in [2.75, 3.05) is 0 Å². The Morgan fingerprint density at radius 1 is 1.00 bits per heavy atom. The third-order valence-electron chi connectivity index (χ3n) is 6.11. The summed E-state index contributed by atoms with van der Waals surface area (Å²) in [5.74, 6) is -0.604. The molecule has 1 N–H and O–H groups in total. The van der Waals surface area contributed by atoms with E-state index < -0.39 is 0 Å². The van der Waals surface area contributed by atoms with E-state index in [-0.39, 0.29) is 29.2 Å². The van der Waals surface area contributed by atoms with Crippen molar-refractivity contribution in [2.45, 2.75) is 24.8 Å². The van der Waals surface area contributed by atoms with Gasteiger partial charge >= 0.3 is 0 Å². The lowest BCUT2D eigenvalue weighted by Gasteiger charge is -2.21. The zero-order chi connectivity index (χ0) is 20.7. The van der Waals surface area contributed by atoms with E-state index in [9.17, 15) is 9.59 Å². The third kappa shape index (κ3) is 2.94. The fourth-order valence-electron chi connectivity index (χ4n) is 4.58. The first-order valence-corrected chi connectivity index (χ1v) is 10.1. The lowest BCUT2D eigenvalue weighted by Crippen LogP contribution is -2.29. The second-order valence-electron chi connectivity index (χ2n) is 7.94. The van der Waals surface area contributed by atoms with Gasteiger partial charge in [0.2, 0.25) is 5.91 Å². The van der Waals surface area contributed by atoms with Crippen LogP contribution in [0.2, 0.25) is 0 Å². The molecular formula is C25H21N3O2. The van der Waals surface area contributed by atoms with Gasteiger partial charge < -0.3 is 5.32 Å². The van der Waals surface area contributed by atoms with Crippen molar-refractivity contribution in [1.29, 1.82) is 0 Å². The van der Waals surface area contributed by atoms with Gasteiger partial charge in [0.1, 0.15) is 0 Å². The van der Waals surface area contributed by atoms with Gasteiger partial charge in [0.15, 0.2) is 0 Å². The van der Waals surface area contributed by atoms with Gasteiger partial charge in [0.05, 0.1) is 11.6 Å². The number of benzene rings is 2. The van der Waals surface area contributed by atoms with E-state index in [2.05, 4.69) is 39.8 Å². The molecular weight excluding hydrogens is 374 g/mol. The third-order valence-corrected chi connectivity index (χ3v) is 6.11. The smallest absolute Gasteiger partial charge is 0.276 e. The van der Waals surface area contributed by atoms with Gasteiger partial charge in [-0.3, -0.25) is 9.59 Å². The average Bonchev–Trinajstić information content (AvgIpc) is 3.49. The second kappa shape index (κ2) is 7.02. The minimum atomic E-state index is -0.356. The van der Waals surface area contributed by atoms with Crippen molar-refractivity contribution in [3.8, 4) is 0 Å². The first-order chi connectivity index (χ1) is 14.6. The Kier molecular flexibility index (Phi) is 4.31. The predicted molar refractivity (Wildman–Crippen MR) is 114 cm³/mol. The number of nitrogens with one attached hydrogen (secondary N) is 1. The van der Waals surface area contributed by atoms with E-state index in [0.29, 0.717) is 0 Å². The zero-order valence-electron chi connectivity index (χ0n) is 16.6. The Balaban J connectivity index is 1.52. The predicted octanol–water partition coefficient (Wildman–Crippen LogP) is 4.33. The number of hydrogen-bond donors (Lipinski definition) is 1. The van der Waals surface area contributed by atoms with Crippen LogP contribution in [0, 0.1) is 5.92 Å². The van der Waals surface area contributed by atoms with E-state index in [1.54, 1.807) is 6.92 Å². The molecule has 2 amide bonds. The summed E-state index contributed by atoms with van der Waals surface area (Å²) in [6, 6.07) is 18.6. The largest absolute Gasteiger partial charge is 0.352 e. The monoisotopic (exact) mass is 395 g/mol. The number of hydrogen-bond acceptors (Lipinski definition) is 3. The molecule has 5 rings (SSSR count). The van der Waals surface area contributed by atoms with Gasteiger partial charge in [0.25, 0.3) is 5.91 Å². The molecule has 1 aliphatic heterocycles. The van der Waals surface area contributed by atoms with Crippen LogP contribution in [-0.2, 0) is 15.0 Å². The van der Waals surface area contributed by atoms with Gasteiger partial charge in [-0.2, -0.15) is 0 Å². The summed E-state index contributed by atoms with van der Waals surface area (Å²) >= 11 is 0. The van der Waals surface area contributed by atoms with Gasteiger partial charge in [-0.1, -0.05) is 78.9 Å². The summed E-state index contributed by atoms with van der Waals surface area (Å²) in [5.41, 5.74) is 4.67. The Morgan fingerprint density at radius 3 is 2.47 bits per heavy atom. The highest BCUT2D eigenvalue weighted by Gasteiger charge is 2.57. The number of rotatable bonds is 4. The maximum atomic E-state index is 12.1. The van der Waals surface area contributed by atoms with Crippen LogP contribution in [0.15, 0.2) is 94.7 Å². The molecule has 5 nitrogen and oxygen atoms in total. The normalized spacial score (nSPS) is 26.5. The van der Waals surface area contributed by atoms with Crippen LogP contribution < -0.4 is 5.32 Å². The molecule has 148 valence electrons. The van der Waals surface area contributed by atoms with E-state index in [4.69, 9.17) is 0 Å². The number of allylic oxidation sites excluding steroid dienone is 3. The van der Waals surface area contributed by atoms with Crippen molar-refractivity contribution >= 4 is 17.5 Å². The first kappa shape index (κ1) is 18.4. The van der Waals surface area contributed by atoms with Crippen LogP contribution >= 0.6 is 0 Å². The minimum absolute atomic E-state index is 0.0168. The van der Waals surface area contributed by atoms with E-state index in [1.165, 1.54) is 5.56 Å². The highest BCUT2D eigenvalue weighted by Crippen LogP contribution is 2.53. The number of amides is 2. The van der Waals surface area contributed by atoms with E-state index in [1.807, 2.05) is 54.6 Å². The van der Waals surface area contributed by atoms with E-state index in [0.717, 1.165) is 28.8 Å². The number of carbonyl (C=O) groups is 2. The first-order valence-electron chi connectivity index (χ1n) is 10.1. The van der Waals surface area contributed by atoms with Gasteiger partial charge in [0, 0.05) is 23.9 Å². The molecule has 1 unspecified atom stereocenters. The van der Waals surface area contributed by atoms with Crippen LogP contribution in [0.25, 0.3) is 5.70 Å². The quantitative estimate of drug-likeness (QED) is 0.837. The highest BCUT2D eigenvalue weighted by atomic mass is 16.2. The summed E-state index contributed by atoms with van der Waals surface area (Å²) in [7, 11) is 0. The van der Waals surface area contributed by atoms with Gasteiger partial charge in [-0.15, -0.1) is 10.2 Å². The Bertz CT molecular complexity index is 1140. The van der Waals surface area contributed by atoms with Crippen LogP contribution in [0.1, 0.15) is 30.0 Å². The number of carbonyl (C=O) groups excluding carboxylic acids is 2. The Labute approximate surface area is 174 Å². The number of azo groups is 1. The van der Waals surface area contributed by atoms with E-state index >= 15 is 0 Å². The molecule has 3 aliphatic rings. The maximum Gasteiger partial charge on any atom is 0.276 e. The van der Waals surface area contributed by atoms with Crippen molar-refractivity contribution in [2.24, 2.45) is 16.1 Å². The van der Waals surface area contributed by atoms with Crippen LogP contribution in [0.5, 0.6) is 0 Å². The molecule has 0 saturated heterocycles. The lowest BCUT2D eigenvalue weighted by atomic mass is 9.85. The summed E-state index contributed by atoms with van der Waals surface area (Å²) in [5, 5.41) is 11.1. The molecule has 5 heteroatoms. The molecule has 0 aromatic heterocycles. The number of fused-ring (bicyclic) bond motifs is 1. The highest BCUT2D eigenvalue weighted by molar-refractivity contribution is 5.91. The molecule has 0 spiro atoms. The molecule has 2 aromatic rings. The molecule has 0 bridgehead atoms. The molecule has 0 radical (unpaired) electrons. The van der Waals surface area contributed by atoms with Crippen LogP contribution in [0.4, 0.5) is 0 Å². The topological polar surface area (TPSA) is 70.9 Å². The fourth-order valence-corrected chi connectivity index (χ4v) is 4.58. The molecule has 2 aliphatic carbocycles. The van der Waals surface area contributed by atoms with Crippen molar-refractivity contribution in [3.63, 3.8) is 0 Å². The maximum absolute atomic E-state index is 12.1. The molecule has 3 atom stereocenters. The van der Waals surface area contributed by atoms with Crippen molar-refractivity contribution in [3.05, 3.63) is 101 Å². The summed E-state index contributed by atoms with van der Waals surface area (Å²) in [4.78, 5) is 23.8. The van der Waals surface area contributed by atoms with Crippen molar-refractivity contribution < 1.29 is 9.59 Å². The molecule has 1 heterocycles. The molecule has 1 fully saturated rings. The average molecular weight is 395 g/mol. The molecule has 2 aromatic carbocycles. The number of nitrogens with zero attached hydrogens (tertiary/aromatic N) is 2. The van der Waals surface area contributed by atoms with Gasteiger partial charge in [-0.05, 0) is 23.1 Å². The van der Waals surface area contributed by atoms with Crippen LogP contribution in [-0.4, -0.2) is 17.9 Å². The summed E-state index contributed by atoms with van der Waals surface area (Å²) in [6.45, 7) is 1.56. The lowest BCUT2D eigenvalue weighted by molar-refractivity contribution is -0.120. The SMILES string of the molecule is CC(=O)N[C@H]1C[C@@]1(c1ccccc1)c1ccc(C2=C3C=CC=CC3C(=O)N=N2)cc1. The summed E-state index contributed by atoms with van der Waals surface area (Å²) < 4.78 is 0. The Hall–Kier alpha value is -3.60. The fraction of sp³-hybridized carbons (Fsp3) is 0.200.